The first-order valence-corrected chi connectivity index (χ1v) is 19.5. The zero-order chi connectivity index (χ0) is 35.9. The van der Waals surface area contributed by atoms with Gasteiger partial charge in [-0.2, -0.15) is 19.0 Å². The molecule has 0 N–H and O–H groups in total. The summed E-state index contributed by atoms with van der Waals surface area (Å²) in [5, 5.41) is 9.05. The molecule has 0 radical (unpaired) electrons. The summed E-state index contributed by atoms with van der Waals surface area (Å²) in [4.78, 5) is 44.7. The fraction of sp³-hybridized carbons (Fsp3) is 0.559. The molecule has 2 aliphatic carbocycles. The van der Waals surface area contributed by atoms with Crippen LogP contribution in [0, 0.1) is 6.92 Å². The summed E-state index contributed by atoms with van der Waals surface area (Å²) in [5.74, 6) is -1.61. The number of para-hydroxylation sites is 1. The summed E-state index contributed by atoms with van der Waals surface area (Å²) >= 11 is 1.10. The van der Waals surface area contributed by atoms with Gasteiger partial charge in [0.25, 0.3) is 5.56 Å². The highest BCUT2D eigenvalue weighted by Crippen LogP contribution is 2.48. The third kappa shape index (κ3) is 5.95. The van der Waals surface area contributed by atoms with E-state index in [-0.39, 0.29) is 59.2 Å². The van der Waals surface area contributed by atoms with E-state index in [0.717, 1.165) is 28.7 Å². The van der Waals surface area contributed by atoms with Crippen molar-refractivity contribution >= 4 is 37.2 Å². The van der Waals surface area contributed by atoms with E-state index in [1.807, 2.05) is 0 Å². The van der Waals surface area contributed by atoms with Crippen LogP contribution in [0.2, 0.25) is 0 Å². The van der Waals surface area contributed by atoms with Crippen molar-refractivity contribution in [1.82, 2.24) is 24.1 Å². The topological polar surface area (TPSA) is 154 Å². The zero-order valence-corrected chi connectivity index (χ0v) is 29.6. The van der Waals surface area contributed by atoms with E-state index >= 15 is 0 Å². The number of Topliss-reactive ketones (excluding diaryl/α,β-unsaturated/α-hetero) is 1. The molecule has 2 saturated carbocycles. The van der Waals surface area contributed by atoms with E-state index in [0.29, 0.717) is 36.2 Å². The molecule has 8 rings (SSSR count). The predicted octanol–water partition coefficient (Wildman–Crippen LogP) is 4.21. The van der Waals surface area contributed by atoms with Gasteiger partial charge < -0.3 is 14.2 Å². The second-order valence-corrected chi connectivity index (χ2v) is 17.8. The average molecular weight is 746 g/mol. The van der Waals surface area contributed by atoms with Crippen LogP contribution in [0.1, 0.15) is 75.5 Å². The van der Waals surface area contributed by atoms with Crippen LogP contribution in [0.4, 0.5) is 8.78 Å². The van der Waals surface area contributed by atoms with Crippen LogP contribution in [0.15, 0.2) is 46.2 Å². The summed E-state index contributed by atoms with van der Waals surface area (Å²) in [6.07, 6.45) is 5.65. The van der Waals surface area contributed by atoms with E-state index in [1.165, 1.54) is 27.8 Å². The molecule has 2 saturated heterocycles. The highest BCUT2D eigenvalue weighted by molar-refractivity contribution is 7.93. The lowest BCUT2D eigenvalue weighted by atomic mass is 10.0. The molecule has 4 fully saturated rings. The number of fused-ring (bicyclic) bond motifs is 3. The van der Waals surface area contributed by atoms with Crippen LogP contribution >= 0.6 is 11.3 Å². The molecule has 4 atom stereocenters. The Morgan fingerprint density at radius 2 is 1.75 bits per heavy atom. The number of thiophene rings is 1. The molecular weight excluding hydrogens is 709 g/mol. The number of rotatable bonds is 13. The minimum Gasteiger partial charge on any atom is -0.434 e. The number of aromatic nitrogens is 5. The third-order valence-electron chi connectivity index (χ3n) is 10.9. The van der Waals surface area contributed by atoms with Crippen molar-refractivity contribution < 1.29 is 36.2 Å². The van der Waals surface area contributed by atoms with Gasteiger partial charge >= 0.3 is 12.3 Å². The van der Waals surface area contributed by atoms with Gasteiger partial charge in [-0.1, -0.05) is 29.5 Å². The molecule has 3 aromatic heterocycles. The first kappa shape index (κ1) is 34.3. The largest absolute Gasteiger partial charge is 0.434 e. The zero-order valence-electron chi connectivity index (χ0n) is 28.0. The molecule has 2 bridgehead atoms. The van der Waals surface area contributed by atoms with E-state index in [4.69, 9.17) is 14.2 Å². The maximum atomic E-state index is 14.8. The Balaban J connectivity index is 1.29. The number of sulfone groups is 1. The number of carbonyl (C=O) groups is 1. The first-order valence-electron chi connectivity index (χ1n) is 17.1. The van der Waals surface area contributed by atoms with E-state index in [1.54, 1.807) is 32.0 Å². The fourth-order valence-electron chi connectivity index (χ4n) is 7.58. The maximum absolute atomic E-state index is 14.8. The smallest absolute Gasteiger partial charge is 0.387 e. The Labute approximate surface area is 295 Å². The Bertz CT molecular complexity index is 2230. The molecule has 0 amide bonds. The Hall–Kier alpha value is -3.80. The molecular formula is C34H37F2N5O8S2. The summed E-state index contributed by atoms with van der Waals surface area (Å²) in [7, 11) is -3.84. The first-order chi connectivity index (χ1) is 24.3. The Kier molecular flexibility index (Phi) is 8.35. The van der Waals surface area contributed by atoms with Gasteiger partial charge in [0.15, 0.2) is 15.6 Å². The van der Waals surface area contributed by atoms with E-state index < -0.39 is 55.6 Å². The highest BCUT2D eigenvalue weighted by atomic mass is 32.2. The molecule has 13 nitrogen and oxygen atoms in total. The highest BCUT2D eigenvalue weighted by Gasteiger charge is 2.58. The Morgan fingerprint density at radius 3 is 2.37 bits per heavy atom. The second-order valence-electron chi connectivity index (χ2n) is 14.3. The molecule has 2 aliphatic heterocycles. The van der Waals surface area contributed by atoms with Gasteiger partial charge in [-0.15, -0.1) is 4.80 Å². The van der Waals surface area contributed by atoms with Gasteiger partial charge in [0.1, 0.15) is 33.0 Å². The summed E-state index contributed by atoms with van der Waals surface area (Å²) < 4.78 is 72.6. The van der Waals surface area contributed by atoms with Crippen LogP contribution in [0.25, 0.3) is 15.2 Å². The van der Waals surface area contributed by atoms with Crippen LogP contribution < -0.4 is 16.0 Å². The van der Waals surface area contributed by atoms with Crippen LogP contribution in [-0.4, -0.2) is 73.8 Å². The van der Waals surface area contributed by atoms with Crippen molar-refractivity contribution in [1.29, 1.82) is 0 Å². The minimum atomic E-state index is -3.84. The number of ether oxygens (including phenoxy) is 3. The quantitative estimate of drug-likeness (QED) is 0.195. The molecule has 4 aliphatic rings. The number of aryl methyl sites for hydroxylation is 1. The van der Waals surface area contributed by atoms with Crippen LogP contribution in [-0.2, 0) is 36.2 Å². The van der Waals surface area contributed by atoms with Crippen molar-refractivity contribution in [3.05, 3.63) is 68.6 Å². The third-order valence-corrected chi connectivity index (χ3v) is 14.8. The predicted molar refractivity (Wildman–Crippen MR) is 181 cm³/mol. The molecule has 1 unspecified atom stereocenters. The van der Waals surface area contributed by atoms with Crippen molar-refractivity contribution in [3.8, 4) is 10.8 Å². The molecule has 0 spiro atoms. The number of hydrogen-bond acceptors (Lipinski definition) is 11. The number of hydrogen-bond donors (Lipinski definition) is 0. The van der Waals surface area contributed by atoms with Crippen molar-refractivity contribution in [2.75, 3.05) is 5.75 Å². The lowest BCUT2D eigenvalue weighted by Crippen LogP contribution is -2.50. The molecule has 5 heterocycles. The number of ketones is 1. The Morgan fingerprint density at radius 1 is 1.08 bits per heavy atom. The number of alkyl halides is 2. The van der Waals surface area contributed by atoms with Crippen LogP contribution in [0.5, 0.6) is 5.75 Å². The maximum Gasteiger partial charge on any atom is 0.387 e. The summed E-state index contributed by atoms with van der Waals surface area (Å²) in [6, 6.07) is 6.22. The van der Waals surface area contributed by atoms with Crippen molar-refractivity contribution in [2.45, 2.75) is 113 Å². The van der Waals surface area contributed by atoms with Gasteiger partial charge in [-0.25, -0.2) is 17.8 Å². The lowest BCUT2D eigenvalue weighted by molar-refractivity contribution is -0.121. The SMILES string of the molecule is Cc1c(-n2nccn2)sc2c1c(=O)n(C1(C(=O)CS(=O)(=O)C3(C)CC3)CC1)c(=O)n2C[C@H](OC1C[C@H]2CC[C@@H](C1)O2)c1ccccc1OC(F)F. The van der Waals surface area contributed by atoms with Gasteiger partial charge in [-0.05, 0) is 71.3 Å². The van der Waals surface area contributed by atoms with Gasteiger partial charge in [0.2, 0.25) is 0 Å². The summed E-state index contributed by atoms with van der Waals surface area (Å²) in [5.41, 5.74) is -2.47. The standard InChI is InChI=1S/C34H37F2N5O8S2/c1-19-27-28(43)40(34(11-12-34)26(42)18-51(45,46)33(2)9-10-33)32(44)39(30(27)50-29(19)41-37-13-14-38-41)17-25(23-5-3-4-6-24(23)49-31(35)36)48-22-15-20-7-8-21(16-22)47-20/h3-6,13-14,20-22,25,31H,7-12,15-18H2,1-2H3/t20-,21+,22?,25-/m0/s1. The molecule has 17 heteroatoms. The van der Waals surface area contributed by atoms with Gasteiger partial charge in [-0.3, -0.25) is 14.2 Å². The molecule has 4 aromatic rings. The van der Waals surface area contributed by atoms with Crippen molar-refractivity contribution in [3.63, 3.8) is 0 Å². The minimum absolute atomic E-state index is 0.00252. The number of halogens is 2. The molecule has 272 valence electrons. The number of nitrogens with zero attached hydrogens (tertiary/aromatic N) is 5. The average Bonchev–Trinajstić information content (AvgIpc) is 3.89. The second kappa shape index (κ2) is 12.4. The summed E-state index contributed by atoms with van der Waals surface area (Å²) in [6.45, 7) is -0.0749. The lowest BCUT2D eigenvalue weighted by Gasteiger charge is -2.32. The van der Waals surface area contributed by atoms with E-state index in [2.05, 4.69) is 10.2 Å². The monoisotopic (exact) mass is 745 g/mol. The number of benzene rings is 1. The normalized spacial score (nSPS) is 23.8. The van der Waals surface area contributed by atoms with Crippen molar-refractivity contribution in [2.24, 2.45) is 0 Å². The van der Waals surface area contributed by atoms with E-state index in [9.17, 15) is 31.6 Å². The number of carbonyl (C=O) groups excluding carboxylic acids is 1. The fourth-order valence-corrected chi connectivity index (χ4v) is 10.5. The van der Waals surface area contributed by atoms with Gasteiger partial charge in [0, 0.05) is 11.1 Å². The molecule has 51 heavy (non-hydrogen) atoms. The van der Waals surface area contributed by atoms with Gasteiger partial charge in [0.05, 0.1) is 47.4 Å². The van der Waals surface area contributed by atoms with Crippen LogP contribution in [0.3, 0.4) is 0 Å². The molecule has 1 aromatic carbocycles.